The monoisotopic (exact) mass is 486 g/mol. The van der Waals surface area contributed by atoms with Crippen LogP contribution in [0.2, 0.25) is 0 Å². The van der Waals surface area contributed by atoms with Crippen molar-refractivity contribution in [2.24, 2.45) is 0 Å². The number of benzene rings is 3. The molecule has 0 spiro atoms. The van der Waals surface area contributed by atoms with Crippen LogP contribution in [0.1, 0.15) is 30.2 Å². The molecule has 3 N–H and O–H groups in total. The third kappa shape index (κ3) is 4.38. The zero-order valence-electron chi connectivity index (χ0n) is 20.0. The van der Waals surface area contributed by atoms with E-state index in [9.17, 15) is 19.4 Å². The van der Waals surface area contributed by atoms with Gasteiger partial charge in [-0.05, 0) is 49.2 Å². The van der Waals surface area contributed by atoms with Crippen molar-refractivity contribution in [2.75, 3.05) is 5.32 Å². The second-order valence-electron chi connectivity index (χ2n) is 9.82. The number of fused-ring (bicyclic) bond motifs is 1. The number of halogens is 1. The molecule has 0 saturated heterocycles. The summed E-state index contributed by atoms with van der Waals surface area (Å²) in [5, 5.41) is 30.9. The highest BCUT2D eigenvalue weighted by molar-refractivity contribution is 5.86. The fourth-order valence-electron chi connectivity index (χ4n) is 5.25. The molecule has 0 radical (unpaired) electrons. The molecule has 3 unspecified atom stereocenters. The SMILES string of the molecule is Cc1noc(=O)c2cc(NC3C=CC(C)(c4cc(F)ccc4O)CC3(O)Cc3ccccc3)ccc12. The number of anilines is 1. The van der Waals surface area contributed by atoms with Crippen LogP contribution >= 0.6 is 0 Å². The van der Waals surface area contributed by atoms with Gasteiger partial charge in [-0.2, -0.15) is 0 Å². The number of nitrogens with zero attached hydrogens (tertiary/aromatic N) is 1. The van der Waals surface area contributed by atoms with Crippen molar-refractivity contribution in [3.63, 3.8) is 0 Å². The van der Waals surface area contributed by atoms with Crippen molar-refractivity contribution in [1.29, 1.82) is 0 Å². The van der Waals surface area contributed by atoms with Crippen LogP contribution in [0.25, 0.3) is 10.8 Å². The predicted octanol–water partition coefficient (Wildman–Crippen LogP) is 5.01. The Hall–Kier alpha value is -3.97. The van der Waals surface area contributed by atoms with Gasteiger partial charge in [-0.25, -0.2) is 9.18 Å². The number of rotatable bonds is 5. The molecule has 0 aliphatic heterocycles. The highest BCUT2D eigenvalue weighted by Gasteiger charge is 2.46. The van der Waals surface area contributed by atoms with Crippen molar-refractivity contribution in [1.82, 2.24) is 5.16 Å². The third-order valence-electron chi connectivity index (χ3n) is 7.05. The number of nitrogens with one attached hydrogen (secondary N) is 1. The Balaban J connectivity index is 1.56. The van der Waals surface area contributed by atoms with Crippen LogP contribution < -0.4 is 10.9 Å². The molecule has 1 heterocycles. The molecule has 1 aliphatic rings. The lowest BCUT2D eigenvalue weighted by Crippen LogP contribution is -2.54. The van der Waals surface area contributed by atoms with Crippen LogP contribution in [0.5, 0.6) is 5.75 Å². The number of hydrogen-bond donors (Lipinski definition) is 3. The Morgan fingerprint density at radius 1 is 1.11 bits per heavy atom. The Kier molecular flexibility index (Phi) is 5.88. The van der Waals surface area contributed by atoms with E-state index >= 15 is 0 Å². The highest BCUT2D eigenvalue weighted by Crippen LogP contribution is 2.45. The minimum absolute atomic E-state index is 0.0257. The number of hydrogen-bond acceptors (Lipinski definition) is 6. The quantitative estimate of drug-likeness (QED) is 0.343. The third-order valence-corrected chi connectivity index (χ3v) is 7.05. The van der Waals surface area contributed by atoms with E-state index in [2.05, 4.69) is 10.5 Å². The molecule has 1 aliphatic carbocycles. The van der Waals surface area contributed by atoms with Crippen molar-refractivity contribution in [3.05, 3.63) is 112 Å². The van der Waals surface area contributed by atoms with E-state index in [0.717, 1.165) is 5.56 Å². The first-order chi connectivity index (χ1) is 17.2. The lowest BCUT2D eigenvalue weighted by molar-refractivity contribution is 0.00470. The summed E-state index contributed by atoms with van der Waals surface area (Å²) in [6.07, 6.45) is 4.28. The average molecular weight is 487 g/mol. The molecule has 0 saturated carbocycles. The largest absolute Gasteiger partial charge is 0.508 e. The van der Waals surface area contributed by atoms with Gasteiger partial charge in [0.25, 0.3) is 0 Å². The van der Waals surface area contributed by atoms with Gasteiger partial charge in [-0.1, -0.05) is 60.6 Å². The number of aliphatic hydroxyl groups is 1. The Morgan fingerprint density at radius 3 is 2.67 bits per heavy atom. The van der Waals surface area contributed by atoms with Gasteiger partial charge in [0.05, 0.1) is 22.7 Å². The minimum Gasteiger partial charge on any atom is -0.508 e. The number of allylic oxidation sites excluding steroid dienone is 1. The summed E-state index contributed by atoms with van der Waals surface area (Å²) in [5.74, 6) is -0.480. The molecule has 3 aromatic carbocycles. The highest BCUT2D eigenvalue weighted by atomic mass is 19.1. The molecule has 0 bridgehead atoms. The normalized spacial score (nSPS) is 23.6. The van der Waals surface area contributed by atoms with Crippen LogP contribution in [0, 0.1) is 12.7 Å². The van der Waals surface area contributed by atoms with Crippen molar-refractivity contribution in [2.45, 2.75) is 43.7 Å². The standard InChI is InChI=1S/C29H27FN2O4/c1-18-22-10-9-21(15-23(22)27(34)36-32-18)31-26-12-13-28(2,24-14-20(30)8-11-25(24)33)17-29(26,35)16-19-6-4-3-5-7-19/h3-15,26,31,33,35H,16-17H2,1-2H3. The molecule has 5 rings (SSSR count). The minimum atomic E-state index is -1.31. The van der Waals surface area contributed by atoms with Gasteiger partial charge in [0.2, 0.25) is 0 Å². The summed E-state index contributed by atoms with van der Waals surface area (Å²) >= 11 is 0. The van der Waals surface area contributed by atoms with Crippen LogP contribution in [-0.2, 0) is 11.8 Å². The molecule has 7 heteroatoms. The number of phenolic OH excluding ortho intramolecular Hbond substituents is 1. The molecule has 1 aromatic heterocycles. The Labute approximate surface area is 207 Å². The maximum atomic E-state index is 14.1. The van der Waals surface area contributed by atoms with E-state index in [1.54, 1.807) is 19.1 Å². The first kappa shape index (κ1) is 23.8. The van der Waals surface area contributed by atoms with Crippen LogP contribution in [-0.4, -0.2) is 27.0 Å². The lowest BCUT2D eigenvalue weighted by Gasteiger charge is -2.45. The van der Waals surface area contributed by atoms with Gasteiger partial charge in [0.1, 0.15) is 11.6 Å². The molecule has 36 heavy (non-hydrogen) atoms. The van der Waals surface area contributed by atoms with E-state index in [4.69, 9.17) is 4.52 Å². The summed E-state index contributed by atoms with van der Waals surface area (Å²) < 4.78 is 19.0. The lowest BCUT2D eigenvalue weighted by atomic mass is 9.65. The Morgan fingerprint density at radius 2 is 1.89 bits per heavy atom. The zero-order chi connectivity index (χ0) is 25.5. The van der Waals surface area contributed by atoms with Gasteiger partial charge in [-0.15, -0.1) is 0 Å². The van der Waals surface area contributed by atoms with Gasteiger partial charge in [-0.3, -0.25) is 0 Å². The van der Waals surface area contributed by atoms with E-state index in [-0.39, 0.29) is 12.2 Å². The maximum Gasteiger partial charge on any atom is 0.366 e. The molecule has 0 fully saturated rings. The fraction of sp³-hybridized carbons (Fsp3) is 0.241. The van der Waals surface area contributed by atoms with Crippen molar-refractivity contribution in [3.8, 4) is 5.75 Å². The first-order valence-electron chi connectivity index (χ1n) is 11.8. The van der Waals surface area contributed by atoms with E-state index < -0.39 is 28.5 Å². The smallest absolute Gasteiger partial charge is 0.366 e. The van der Waals surface area contributed by atoms with E-state index in [1.807, 2.05) is 55.5 Å². The number of aryl methyl sites for hydroxylation is 1. The molecular weight excluding hydrogens is 459 g/mol. The molecule has 184 valence electrons. The average Bonchev–Trinajstić information content (AvgIpc) is 2.85. The number of aromatic nitrogens is 1. The van der Waals surface area contributed by atoms with Gasteiger partial charge >= 0.3 is 5.63 Å². The van der Waals surface area contributed by atoms with Gasteiger partial charge in [0.15, 0.2) is 0 Å². The summed E-state index contributed by atoms with van der Waals surface area (Å²) in [4.78, 5) is 12.3. The number of aromatic hydroxyl groups is 1. The summed E-state index contributed by atoms with van der Waals surface area (Å²) in [5.41, 5.74) is -0.0620. The maximum absolute atomic E-state index is 14.1. The first-order valence-corrected chi connectivity index (χ1v) is 11.8. The van der Waals surface area contributed by atoms with Crippen LogP contribution in [0.4, 0.5) is 10.1 Å². The van der Waals surface area contributed by atoms with Crippen molar-refractivity contribution < 1.29 is 19.1 Å². The van der Waals surface area contributed by atoms with Gasteiger partial charge in [0, 0.05) is 28.5 Å². The molecule has 6 nitrogen and oxygen atoms in total. The Bertz CT molecular complexity index is 1520. The molecule has 4 aromatic rings. The molecule has 3 atom stereocenters. The molecule has 0 amide bonds. The van der Waals surface area contributed by atoms with Crippen LogP contribution in [0.3, 0.4) is 0 Å². The fourth-order valence-corrected chi connectivity index (χ4v) is 5.25. The summed E-state index contributed by atoms with van der Waals surface area (Å²) in [7, 11) is 0. The van der Waals surface area contributed by atoms with E-state index in [1.165, 1.54) is 18.2 Å². The number of phenols is 1. The zero-order valence-corrected chi connectivity index (χ0v) is 20.0. The second-order valence-corrected chi connectivity index (χ2v) is 9.82. The second kappa shape index (κ2) is 8.91. The van der Waals surface area contributed by atoms with Crippen LogP contribution in [0.15, 0.2) is 88.2 Å². The molecular formula is C29H27FN2O4. The van der Waals surface area contributed by atoms with Crippen molar-refractivity contribution >= 4 is 16.5 Å². The predicted molar refractivity (Wildman–Crippen MR) is 137 cm³/mol. The topological polar surface area (TPSA) is 95.6 Å². The van der Waals surface area contributed by atoms with Gasteiger partial charge < -0.3 is 20.1 Å². The summed E-state index contributed by atoms with van der Waals surface area (Å²) in [6.45, 7) is 3.64. The summed E-state index contributed by atoms with van der Waals surface area (Å²) in [6, 6.07) is 18.3. The van der Waals surface area contributed by atoms with E-state index in [0.29, 0.717) is 34.1 Å².